The third-order valence-electron chi connectivity index (χ3n) is 3.05. The van der Waals surface area contributed by atoms with E-state index in [1.807, 2.05) is 0 Å². The second-order valence-corrected chi connectivity index (χ2v) is 6.59. The zero-order chi connectivity index (χ0) is 14.5. The Morgan fingerprint density at radius 1 is 1.53 bits per heavy atom. The monoisotopic (exact) mass is 291 g/mol. The van der Waals surface area contributed by atoms with Crippen molar-refractivity contribution in [3.8, 4) is 0 Å². The van der Waals surface area contributed by atoms with E-state index >= 15 is 0 Å². The normalized spacial score (nSPS) is 19.5. The van der Waals surface area contributed by atoms with Crippen LogP contribution in [0.15, 0.2) is 0 Å². The lowest BCUT2D eigenvalue weighted by Gasteiger charge is -2.17. The van der Waals surface area contributed by atoms with Crippen LogP contribution in [0.1, 0.15) is 19.8 Å². The SMILES string of the molecule is CCN(CCCNC(=O)C1CNC(=O)C1)S(C)(=O)=O. The van der Waals surface area contributed by atoms with E-state index in [0.29, 0.717) is 32.6 Å². The maximum Gasteiger partial charge on any atom is 0.225 e. The van der Waals surface area contributed by atoms with Crippen molar-refractivity contribution in [2.45, 2.75) is 19.8 Å². The molecule has 0 saturated carbocycles. The van der Waals surface area contributed by atoms with Gasteiger partial charge in [0, 0.05) is 32.6 Å². The lowest BCUT2D eigenvalue weighted by molar-refractivity contribution is -0.126. The molecule has 8 heteroatoms. The number of carbonyl (C=O) groups excluding carboxylic acids is 2. The maximum atomic E-state index is 11.7. The third kappa shape index (κ3) is 5.15. The molecule has 1 fully saturated rings. The van der Waals surface area contributed by atoms with Gasteiger partial charge in [-0.3, -0.25) is 9.59 Å². The molecule has 1 atom stereocenters. The Hall–Kier alpha value is -1.15. The van der Waals surface area contributed by atoms with Gasteiger partial charge in [-0.2, -0.15) is 0 Å². The fourth-order valence-electron chi connectivity index (χ4n) is 1.96. The predicted octanol–water partition coefficient (Wildman–Crippen LogP) is -1.09. The largest absolute Gasteiger partial charge is 0.356 e. The fourth-order valence-corrected chi connectivity index (χ4v) is 2.89. The molecule has 0 aromatic carbocycles. The van der Waals surface area contributed by atoms with Gasteiger partial charge in [-0.05, 0) is 6.42 Å². The van der Waals surface area contributed by atoms with Gasteiger partial charge in [0.25, 0.3) is 0 Å². The Kier molecular flexibility index (Phi) is 5.74. The molecule has 0 aromatic rings. The Labute approximate surface area is 113 Å². The molecule has 1 saturated heterocycles. The Bertz CT molecular complexity index is 435. The van der Waals surface area contributed by atoms with Crippen molar-refractivity contribution in [2.24, 2.45) is 5.92 Å². The first-order valence-corrected chi connectivity index (χ1v) is 8.19. The molecule has 1 aliphatic heterocycles. The predicted molar refractivity (Wildman–Crippen MR) is 70.8 cm³/mol. The average molecular weight is 291 g/mol. The van der Waals surface area contributed by atoms with E-state index < -0.39 is 10.0 Å². The van der Waals surface area contributed by atoms with Gasteiger partial charge in [0.1, 0.15) is 0 Å². The van der Waals surface area contributed by atoms with Crippen LogP contribution in [0.2, 0.25) is 0 Å². The maximum absolute atomic E-state index is 11.7. The summed E-state index contributed by atoms with van der Waals surface area (Å²) in [6.07, 6.45) is 1.96. The first-order chi connectivity index (χ1) is 8.84. The minimum atomic E-state index is -3.17. The molecule has 1 rings (SSSR count). The van der Waals surface area contributed by atoms with Crippen molar-refractivity contribution in [1.82, 2.24) is 14.9 Å². The molecule has 2 N–H and O–H groups in total. The van der Waals surface area contributed by atoms with Crippen molar-refractivity contribution in [3.63, 3.8) is 0 Å². The number of hydrogen-bond acceptors (Lipinski definition) is 4. The van der Waals surface area contributed by atoms with Gasteiger partial charge in [0.05, 0.1) is 12.2 Å². The van der Waals surface area contributed by atoms with E-state index in [1.165, 1.54) is 10.6 Å². The lowest BCUT2D eigenvalue weighted by atomic mass is 10.1. The van der Waals surface area contributed by atoms with Crippen molar-refractivity contribution in [3.05, 3.63) is 0 Å². The number of nitrogens with zero attached hydrogens (tertiary/aromatic N) is 1. The first-order valence-electron chi connectivity index (χ1n) is 6.34. The number of sulfonamides is 1. The summed E-state index contributed by atoms with van der Waals surface area (Å²) in [7, 11) is -3.17. The molecular weight excluding hydrogens is 270 g/mol. The summed E-state index contributed by atoms with van der Waals surface area (Å²) in [5, 5.41) is 5.32. The summed E-state index contributed by atoms with van der Waals surface area (Å²) in [6.45, 7) is 3.38. The van der Waals surface area contributed by atoms with Gasteiger partial charge in [0.2, 0.25) is 21.8 Å². The smallest absolute Gasteiger partial charge is 0.225 e. The Balaban J connectivity index is 2.23. The topological polar surface area (TPSA) is 95.6 Å². The minimum absolute atomic E-state index is 0.102. The van der Waals surface area contributed by atoms with Crippen molar-refractivity contribution < 1.29 is 18.0 Å². The van der Waals surface area contributed by atoms with Crippen LogP contribution in [-0.4, -0.2) is 57.0 Å². The molecule has 1 heterocycles. The van der Waals surface area contributed by atoms with Crippen LogP contribution < -0.4 is 10.6 Å². The van der Waals surface area contributed by atoms with E-state index in [2.05, 4.69) is 10.6 Å². The summed E-state index contributed by atoms with van der Waals surface area (Å²) < 4.78 is 24.0. The molecule has 0 aromatic heterocycles. The molecule has 7 nitrogen and oxygen atoms in total. The van der Waals surface area contributed by atoms with E-state index in [0.717, 1.165) is 0 Å². The molecule has 0 aliphatic carbocycles. The third-order valence-corrected chi connectivity index (χ3v) is 4.43. The number of hydrogen-bond donors (Lipinski definition) is 2. The van der Waals surface area contributed by atoms with Crippen molar-refractivity contribution in [1.29, 1.82) is 0 Å². The van der Waals surface area contributed by atoms with Gasteiger partial charge in [-0.15, -0.1) is 0 Å². The van der Waals surface area contributed by atoms with Crippen molar-refractivity contribution >= 4 is 21.8 Å². The van der Waals surface area contributed by atoms with E-state index in [1.54, 1.807) is 6.92 Å². The molecule has 1 unspecified atom stereocenters. The van der Waals surface area contributed by atoms with Crippen LogP contribution in [0.5, 0.6) is 0 Å². The minimum Gasteiger partial charge on any atom is -0.356 e. The Morgan fingerprint density at radius 2 is 2.21 bits per heavy atom. The highest BCUT2D eigenvalue weighted by molar-refractivity contribution is 7.88. The van der Waals surface area contributed by atoms with E-state index in [9.17, 15) is 18.0 Å². The lowest BCUT2D eigenvalue weighted by Crippen LogP contribution is -2.36. The van der Waals surface area contributed by atoms with Crippen LogP contribution in [0, 0.1) is 5.92 Å². The molecule has 0 radical (unpaired) electrons. The van der Waals surface area contributed by atoms with E-state index in [4.69, 9.17) is 0 Å². The quantitative estimate of drug-likeness (QED) is 0.583. The zero-order valence-electron chi connectivity index (χ0n) is 11.3. The summed E-state index contributed by atoms with van der Waals surface area (Å²) in [5.74, 6) is -0.556. The average Bonchev–Trinajstić information content (AvgIpc) is 2.74. The summed E-state index contributed by atoms with van der Waals surface area (Å²) in [5.41, 5.74) is 0. The molecule has 19 heavy (non-hydrogen) atoms. The summed E-state index contributed by atoms with van der Waals surface area (Å²) in [6, 6.07) is 0. The van der Waals surface area contributed by atoms with Crippen LogP contribution in [0.25, 0.3) is 0 Å². The van der Waals surface area contributed by atoms with Gasteiger partial charge in [0.15, 0.2) is 0 Å². The molecule has 1 aliphatic rings. The molecule has 110 valence electrons. The van der Waals surface area contributed by atoms with Crippen LogP contribution >= 0.6 is 0 Å². The second kappa shape index (κ2) is 6.85. The first kappa shape index (κ1) is 15.9. The number of rotatable bonds is 7. The number of nitrogens with one attached hydrogen (secondary N) is 2. The van der Waals surface area contributed by atoms with Crippen LogP contribution in [0.4, 0.5) is 0 Å². The number of amides is 2. The fraction of sp³-hybridized carbons (Fsp3) is 0.818. The van der Waals surface area contributed by atoms with Crippen LogP contribution in [0.3, 0.4) is 0 Å². The second-order valence-electron chi connectivity index (χ2n) is 4.60. The highest BCUT2D eigenvalue weighted by atomic mass is 32.2. The van der Waals surface area contributed by atoms with Gasteiger partial charge in [-0.1, -0.05) is 6.92 Å². The standard InChI is InChI=1S/C11H21N3O4S/c1-3-14(19(2,17)18)6-4-5-12-11(16)9-7-10(15)13-8-9/h9H,3-8H2,1-2H3,(H,12,16)(H,13,15). The molecular formula is C11H21N3O4S. The summed E-state index contributed by atoms with van der Waals surface area (Å²) in [4.78, 5) is 22.6. The van der Waals surface area contributed by atoms with Gasteiger partial charge < -0.3 is 10.6 Å². The Morgan fingerprint density at radius 3 is 2.68 bits per heavy atom. The number of carbonyl (C=O) groups is 2. The summed E-state index contributed by atoms with van der Waals surface area (Å²) >= 11 is 0. The highest BCUT2D eigenvalue weighted by Gasteiger charge is 2.27. The van der Waals surface area contributed by atoms with Crippen LogP contribution in [-0.2, 0) is 19.6 Å². The molecule has 2 amide bonds. The van der Waals surface area contributed by atoms with E-state index in [-0.39, 0.29) is 24.2 Å². The molecule has 0 spiro atoms. The highest BCUT2D eigenvalue weighted by Crippen LogP contribution is 2.08. The zero-order valence-corrected chi connectivity index (χ0v) is 12.1. The van der Waals surface area contributed by atoms with Gasteiger partial charge >= 0.3 is 0 Å². The van der Waals surface area contributed by atoms with Gasteiger partial charge in [-0.25, -0.2) is 12.7 Å². The molecule has 0 bridgehead atoms. The van der Waals surface area contributed by atoms with Crippen molar-refractivity contribution in [2.75, 3.05) is 32.4 Å².